The van der Waals surface area contributed by atoms with E-state index in [1.165, 1.54) is 31.2 Å². The molecule has 0 amide bonds. The van der Waals surface area contributed by atoms with Crippen LogP contribution in [0.3, 0.4) is 0 Å². The van der Waals surface area contributed by atoms with Crippen molar-refractivity contribution < 1.29 is 0 Å². The molecule has 1 aromatic carbocycles. The van der Waals surface area contributed by atoms with Crippen molar-refractivity contribution in [2.45, 2.75) is 37.8 Å². The van der Waals surface area contributed by atoms with Crippen molar-refractivity contribution in [3.8, 4) is 0 Å². The summed E-state index contributed by atoms with van der Waals surface area (Å²) < 4.78 is 0. The zero-order valence-corrected chi connectivity index (χ0v) is 10.0. The highest BCUT2D eigenvalue weighted by molar-refractivity contribution is 7.19. The molecule has 1 aromatic rings. The zero-order valence-electron chi connectivity index (χ0n) is 8.87. The van der Waals surface area contributed by atoms with Gasteiger partial charge in [-0.15, -0.1) is 9.24 Å². The standard InChI is InChI=1S/C13H19P/c1-13(14)9-12(10-13)8-7-11-5-3-2-4-6-11/h2-6,12H,7-10,14H2,1H3. The number of rotatable bonds is 3. The first-order valence-corrected chi connectivity index (χ1v) is 6.06. The van der Waals surface area contributed by atoms with E-state index in [4.69, 9.17) is 0 Å². The van der Waals surface area contributed by atoms with Gasteiger partial charge in [0, 0.05) is 0 Å². The van der Waals surface area contributed by atoms with Crippen molar-refractivity contribution in [1.29, 1.82) is 0 Å². The molecule has 1 aliphatic rings. The number of hydrogen-bond donors (Lipinski definition) is 0. The summed E-state index contributed by atoms with van der Waals surface area (Å²) in [6.45, 7) is 2.34. The fourth-order valence-electron chi connectivity index (χ4n) is 2.48. The van der Waals surface area contributed by atoms with Gasteiger partial charge in [-0.05, 0) is 42.3 Å². The molecule has 2 rings (SSSR count). The van der Waals surface area contributed by atoms with Crippen molar-refractivity contribution >= 4 is 9.24 Å². The molecule has 1 heteroatoms. The Balaban J connectivity index is 1.75. The maximum Gasteiger partial charge on any atom is -0.0173 e. The Labute approximate surface area is 89.3 Å². The molecule has 1 saturated carbocycles. The van der Waals surface area contributed by atoms with Crippen LogP contribution in [0.2, 0.25) is 0 Å². The fraction of sp³-hybridized carbons (Fsp3) is 0.538. The molecular weight excluding hydrogens is 187 g/mol. The summed E-state index contributed by atoms with van der Waals surface area (Å²) in [6, 6.07) is 10.8. The van der Waals surface area contributed by atoms with Gasteiger partial charge in [0.2, 0.25) is 0 Å². The zero-order chi connectivity index (χ0) is 10.0. The first-order valence-electron chi connectivity index (χ1n) is 5.48. The fourth-order valence-corrected chi connectivity index (χ4v) is 3.15. The normalized spacial score (nSPS) is 31.1. The second-order valence-electron chi connectivity index (χ2n) is 4.95. The molecule has 1 unspecified atom stereocenters. The van der Waals surface area contributed by atoms with Crippen LogP contribution in [0.25, 0.3) is 0 Å². The van der Waals surface area contributed by atoms with E-state index >= 15 is 0 Å². The molecule has 76 valence electrons. The second kappa shape index (κ2) is 4.03. The van der Waals surface area contributed by atoms with E-state index in [0.29, 0.717) is 5.16 Å². The number of hydrogen-bond acceptors (Lipinski definition) is 0. The average Bonchev–Trinajstić information content (AvgIpc) is 2.13. The first kappa shape index (κ1) is 10.2. The van der Waals surface area contributed by atoms with Gasteiger partial charge in [-0.25, -0.2) is 0 Å². The Morgan fingerprint density at radius 1 is 1.29 bits per heavy atom. The Hall–Kier alpha value is -0.350. The SMILES string of the molecule is CC1(P)CC(CCc2ccccc2)C1. The minimum Gasteiger partial charge on any atom is -0.131 e. The van der Waals surface area contributed by atoms with Gasteiger partial charge >= 0.3 is 0 Å². The molecule has 0 nitrogen and oxygen atoms in total. The summed E-state index contributed by atoms with van der Waals surface area (Å²) in [7, 11) is 2.98. The van der Waals surface area contributed by atoms with Crippen LogP contribution in [0, 0.1) is 5.92 Å². The summed E-state index contributed by atoms with van der Waals surface area (Å²) in [5, 5.41) is 0.557. The minimum absolute atomic E-state index is 0.557. The lowest BCUT2D eigenvalue weighted by atomic mass is 9.72. The van der Waals surface area contributed by atoms with Crippen molar-refractivity contribution in [1.82, 2.24) is 0 Å². The number of aryl methyl sites for hydroxylation is 1. The van der Waals surface area contributed by atoms with Crippen LogP contribution in [-0.4, -0.2) is 5.16 Å². The van der Waals surface area contributed by atoms with Crippen LogP contribution < -0.4 is 0 Å². The third-order valence-electron chi connectivity index (χ3n) is 3.19. The van der Waals surface area contributed by atoms with Crippen LogP contribution in [0.1, 0.15) is 31.7 Å². The monoisotopic (exact) mass is 206 g/mol. The average molecular weight is 206 g/mol. The molecule has 0 bridgehead atoms. The Kier molecular flexibility index (Phi) is 2.93. The van der Waals surface area contributed by atoms with Gasteiger partial charge in [0.25, 0.3) is 0 Å². The summed E-state index contributed by atoms with van der Waals surface area (Å²) in [4.78, 5) is 0. The summed E-state index contributed by atoms with van der Waals surface area (Å²) in [5.41, 5.74) is 1.49. The van der Waals surface area contributed by atoms with Crippen molar-refractivity contribution in [2.75, 3.05) is 0 Å². The molecule has 0 N–H and O–H groups in total. The van der Waals surface area contributed by atoms with E-state index < -0.39 is 0 Å². The van der Waals surface area contributed by atoms with Gasteiger partial charge in [0.15, 0.2) is 0 Å². The van der Waals surface area contributed by atoms with Crippen LogP contribution in [0.5, 0.6) is 0 Å². The third kappa shape index (κ3) is 2.58. The Bertz CT molecular complexity index is 281. The van der Waals surface area contributed by atoms with Crippen LogP contribution in [0.15, 0.2) is 30.3 Å². The molecule has 1 atom stereocenters. The van der Waals surface area contributed by atoms with Crippen molar-refractivity contribution in [3.05, 3.63) is 35.9 Å². The lowest BCUT2D eigenvalue weighted by Gasteiger charge is -2.42. The molecule has 1 fully saturated rings. The van der Waals surface area contributed by atoms with E-state index in [0.717, 1.165) is 5.92 Å². The molecule has 0 radical (unpaired) electrons. The third-order valence-corrected chi connectivity index (χ3v) is 3.67. The van der Waals surface area contributed by atoms with E-state index in [2.05, 4.69) is 46.5 Å². The highest BCUT2D eigenvalue weighted by Gasteiger charge is 2.35. The highest BCUT2D eigenvalue weighted by Crippen LogP contribution is 2.46. The van der Waals surface area contributed by atoms with E-state index in [-0.39, 0.29) is 0 Å². The number of benzene rings is 1. The Morgan fingerprint density at radius 3 is 2.50 bits per heavy atom. The van der Waals surface area contributed by atoms with E-state index in [1.54, 1.807) is 0 Å². The Morgan fingerprint density at radius 2 is 1.93 bits per heavy atom. The molecule has 0 aromatic heterocycles. The molecule has 0 heterocycles. The molecule has 1 aliphatic carbocycles. The molecule has 0 aliphatic heterocycles. The molecule has 0 saturated heterocycles. The quantitative estimate of drug-likeness (QED) is 0.662. The smallest absolute Gasteiger partial charge is 0.0173 e. The second-order valence-corrected chi connectivity index (χ2v) is 6.35. The van der Waals surface area contributed by atoms with Gasteiger partial charge < -0.3 is 0 Å². The van der Waals surface area contributed by atoms with Crippen LogP contribution in [0.4, 0.5) is 0 Å². The van der Waals surface area contributed by atoms with E-state index in [9.17, 15) is 0 Å². The van der Waals surface area contributed by atoms with E-state index in [1.807, 2.05) is 0 Å². The van der Waals surface area contributed by atoms with Gasteiger partial charge in [-0.2, -0.15) is 0 Å². The first-order chi connectivity index (χ1) is 6.66. The largest absolute Gasteiger partial charge is 0.131 e. The van der Waals surface area contributed by atoms with Crippen molar-refractivity contribution in [2.24, 2.45) is 5.92 Å². The van der Waals surface area contributed by atoms with Gasteiger partial charge in [0.05, 0.1) is 0 Å². The topological polar surface area (TPSA) is 0 Å². The van der Waals surface area contributed by atoms with Gasteiger partial charge in [0.1, 0.15) is 0 Å². The van der Waals surface area contributed by atoms with Crippen LogP contribution >= 0.6 is 9.24 Å². The van der Waals surface area contributed by atoms with Gasteiger partial charge in [-0.1, -0.05) is 37.3 Å². The summed E-state index contributed by atoms with van der Waals surface area (Å²) >= 11 is 0. The van der Waals surface area contributed by atoms with Crippen LogP contribution in [-0.2, 0) is 6.42 Å². The summed E-state index contributed by atoms with van der Waals surface area (Å²) in [5.74, 6) is 0.970. The maximum absolute atomic E-state index is 2.98. The maximum atomic E-state index is 2.98. The lowest BCUT2D eigenvalue weighted by molar-refractivity contribution is 0.232. The molecule has 0 spiro atoms. The highest BCUT2D eigenvalue weighted by atomic mass is 31.0. The van der Waals surface area contributed by atoms with Gasteiger partial charge in [-0.3, -0.25) is 0 Å². The lowest BCUT2D eigenvalue weighted by Crippen LogP contribution is -2.35. The predicted octanol–water partition coefficient (Wildman–Crippen LogP) is 3.66. The predicted molar refractivity (Wildman–Crippen MR) is 65.6 cm³/mol. The molecule has 14 heavy (non-hydrogen) atoms. The summed E-state index contributed by atoms with van der Waals surface area (Å²) in [6.07, 6.45) is 5.41. The molecular formula is C13H19P. The van der Waals surface area contributed by atoms with Crippen molar-refractivity contribution in [3.63, 3.8) is 0 Å². The minimum atomic E-state index is 0.557.